The van der Waals surface area contributed by atoms with Crippen LogP contribution in [0.25, 0.3) is 0 Å². The first kappa shape index (κ1) is 12.4. The Balaban J connectivity index is 2.18. The summed E-state index contributed by atoms with van der Waals surface area (Å²) in [6.07, 6.45) is 2.20. The van der Waals surface area contributed by atoms with Crippen LogP contribution >= 0.6 is 0 Å². The fourth-order valence-electron chi connectivity index (χ4n) is 1.64. The van der Waals surface area contributed by atoms with E-state index in [0.717, 1.165) is 12.8 Å². The normalized spacial score (nSPS) is 17.8. The Morgan fingerprint density at radius 2 is 1.94 bits per heavy atom. The number of rotatable bonds is 5. The number of hydrogen-bond donors (Lipinski definition) is 2. The standard InChI is InChI=1S/C12H18N2O2S/c1-12(7-8-12)9-14-17(15,16)11-6-4-3-5-10(11)13-2/h3-6,13-14H,7-9H2,1-2H3. The van der Waals surface area contributed by atoms with Crippen LogP contribution in [0.1, 0.15) is 19.8 Å². The van der Waals surface area contributed by atoms with Crippen molar-refractivity contribution in [2.75, 3.05) is 18.9 Å². The molecule has 1 fully saturated rings. The maximum atomic E-state index is 12.1. The number of sulfonamides is 1. The molecule has 0 radical (unpaired) electrons. The molecule has 0 saturated heterocycles. The highest BCUT2D eigenvalue weighted by Gasteiger charge is 2.38. The minimum Gasteiger partial charge on any atom is -0.387 e. The van der Waals surface area contributed by atoms with E-state index in [1.807, 2.05) is 6.07 Å². The molecule has 4 nitrogen and oxygen atoms in total. The molecule has 1 saturated carbocycles. The van der Waals surface area contributed by atoms with E-state index in [-0.39, 0.29) is 5.41 Å². The Kier molecular flexibility index (Phi) is 3.14. The van der Waals surface area contributed by atoms with Crippen molar-refractivity contribution in [3.63, 3.8) is 0 Å². The van der Waals surface area contributed by atoms with Crippen LogP contribution in [-0.2, 0) is 10.0 Å². The van der Waals surface area contributed by atoms with Crippen molar-refractivity contribution in [1.29, 1.82) is 0 Å². The third kappa shape index (κ3) is 2.79. The second kappa shape index (κ2) is 4.31. The number of nitrogens with one attached hydrogen (secondary N) is 2. The molecule has 17 heavy (non-hydrogen) atoms. The third-order valence-corrected chi connectivity index (χ3v) is 4.70. The largest absolute Gasteiger partial charge is 0.387 e. The molecular formula is C12H18N2O2S. The van der Waals surface area contributed by atoms with Gasteiger partial charge in [0.05, 0.1) is 5.69 Å². The zero-order valence-electron chi connectivity index (χ0n) is 10.2. The summed E-state index contributed by atoms with van der Waals surface area (Å²) in [5.74, 6) is 0. The summed E-state index contributed by atoms with van der Waals surface area (Å²) in [7, 11) is -1.69. The fourth-order valence-corrected chi connectivity index (χ4v) is 3.06. The topological polar surface area (TPSA) is 58.2 Å². The molecule has 0 atom stereocenters. The van der Waals surface area contributed by atoms with Gasteiger partial charge < -0.3 is 5.32 Å². The molecule has 2 N–H and O–H groups in total. The molecule has 0 unspecified atom stereocenters. The van der Waals surface area contributed by atoms with Crippen LogP contribution in [0.4, 0.5) is 5.69 Å². The maximum absolute atomic E-state index is 12.1. The van der Waals surface area contributed by atoms with Crippen molar-refractivity contribution in [2.45, 2.75) is 24.7 Å². The fraction of sp³-hybridized carbons (Fsp3) is 0.500. The molecule has 1 aliphatic rings. The molecule has 1 aromatic carbocycles. The predicted molar refractivity (Wildman–Crippen MR) is 68.5 cm³/mol. The summed E-state index contributed by atoms with van der Waals surface area (Å²) in [4.78, 5) is 0.312. The van der Waals surface area contributed by atoms with E-state index in [4.69, 9.17) is 0 Å². The van der Waals surface area contributed by atoms with Crippen LogP contribution in [0.3, 0.4) is 0 Å². The average Bonchev–Trinajstić information content (AvgIpc) is 3.06. The lowest BCUT2D eigenvalue weighted by Crippen LogP contribution is -2.29. The summed E-state index contributed by atoms with van der Waals surface area (Å²) >= 11 is 0. The highest BCUT2D eigenvalue weighted by molar-refractivity contribution is 7.89. The Morgan fingerprint density at radius 3 is 2.53 bits per heavy atom. The smallest absolute Gasteiger partial charge is 0.242 e. The summed E-state index contributed by atoms with van der Waals surface area (Å²) in [5, 5.41) is 2.90. The van der Waals surface area contributed by atoms with Gasteiger partial charge in [0.25, 0.3) is 0 Å². The molecule has 0 spiro atoms. The van der Waals surface area contributed by atoms with Gasteiger partial charge in [0.15, 0.2) is 0 Å². The Labute approximate surface area is 102 Å². The van der Waals surface area contributed by atoms with Gasteiger partial charge in [-0.2, -0.15) is 0 Å². The number of benzene rings is 1. The van der Waals surface area contributed by atoms with Gasteiger partial charge in [0.1, 0.15) is 4.90 Å². The monoisotopic (exact) mass is 254 g/mol. The van der Waals surface area contributed by atoms with Gasteiger partial charge in [-0.05, 0) is 30.4 Å². The van der Waals surface area contributed by atoms with E-state index in [9.17, 15) is 8.42 Å². The van der Waals surface area contributed by atoms with Crippen molar-refractivity contribution in [3.05, 3.63) is 24.3 Å². The summed E-state index contributed by atoms with van der Waals surface area (Å²) < 4.78 is 27.0. The van der Waals surface area contributed by atoms with Gasteiger partial charge in [-0.1, -0.05) is 19.1 Å². The lowest BCUT2D eigenvalue weighted by Gasteiger charge is -2.13. The minimum absolute atomic E-state index is 0.168. The minimum atomic E-state index is -3.41. The second-order valence-electron chi connectivity index (χ2n) is 4.88. The van der Waals surface area contributed by atoms with Gasteiger partial charge in [-0.15, -0.1) is 0 Å². The van der Waals surface area contributed by atoms with Crippen LogP contribution in [0.2, 0.25) is 0 Å². The molecule has 0 heterocycles. The van der Waals surface area contributed by atoms with Crippen molar-refractivity contribution in [2.24, 2.45) is 5.41 Å². The van der Waals surface area contributed by atoms with Crippen LogP contribution < -0.4 is 10.0 Å². The number of para-hydroxylation sites is 1. The first-order valence-corrected chi connectivity index (χ1v) is 7.22. The highest BCUT2D eigenvalue weighted by atomic mass is 32.2. The molecule has 1 aliphatic carbocycles. The van der Waals surface area contributed by atoms with Crippen molar-refractivity contribution in [3.8, 4) is 0 Å². The maximum Gasteiger partial charge on any atom is 0.242 e. The molecule has 5 heteroatoms. The van der Waals surface area contributed by atoms with Crippen LogP contribution in [0.5, 0.6) is 0 Å². The van der Waals surface area contributed by atoms with Gasteiger partial charge in [0, 0.05) is 13.6 Å². The highest BCUT2D eigenvalue weighted by Crippen LogP contribution is 2.44. The van der Waals surface area contributed by atoms with Gasteiger partial charge in [-0.25, -0.2) is 13.1 Å². The molecular weight excluding hydrogens is 236 g/mol. The van der Waals surface area contributed by atoms with E-state index >= 15 is 0 Å². The van der Waals surface area contributed by atoms with Crippen molar-refractivity contribution >= 4 is 15.7 Å². The zero-order valence-corrected chi connectivity index (χ0v) is 11.0. The summed E-state index contributed by atoms with van der Waals surface area (Å²) in [5.41, 5.74) is 0.794. The van der Waals surface area contributed by atoms with E-state index in [1.165, 1.54) is 0 Å². The number of hydrogen-bond acceptors (Lipinski definition) is 3. The average molecular weight is 254 g/mol. The first-order chi connectivity index (χ1) is 7.97. The zero-order chi connectivity index (χ0) is 12.5. The molecule has 0 amide bonds. The van der Waals surface area contributed by atoms with E-state index in [0.29, 0.717) is 17.1 Å². The predicted octanol–water partition coefficient (Wildman–Crippen LogP) is 1.81. The van der Waals surface area contributed by atoms with Gasteiger partial charge in [0.2, 0.25) is 10.0 Å². The molecule has 94 valence electrons. The van der Waals surface area contributed by atoms with Gasteiger partial charge in [-0.3, -0.25) is 0 Å². The molecule has 0 aromatic heterocycles. The first-order valence-electron chi connectivity index (χ1n) is 5.73. The molecule has 0 aliphatic heterocycles. The van der Waals surface area contributed by atoms with Crippen molar-refractivity contribution in [1.82, 2.24) is 4.72 Å². The van der Waals surface area contributed by atoms with Crippen LogP contribution in [0, 0.1) is 5.41 Å². The van der Waals surface area contributed by atoms with E-state index in [2.05, 4.69) is 17.0 Å². The molecule has 1 aromatic rings. The van der Waals surface area contributed by atoms with E-state index in [1.54, 1.807) is 25.2 Å². The third-order valence-electron chi connectivity index (χ3n) is 3.24. The molecule has 2 rings (SSSR count). The lowest BCUT2D eigenvalue weighted by atomic mass is 10.2. The van der Waals surface area contributed by atoms with Gasteiger partial charge >= 0.3 is 0 Å². The SMILES string of the molecule is CNc1ccccc1S(=O)(=O)NCC1(C)CC1. The van der Waals surface area contributed by atoms with E-state index < -0.39 is 10.0 Å². The molecule has 0 bridgehead atoms. The Morgan fingerprint density at radius 1 is 1.29 bits per heavy atom. The number of anilines is 1. The van der Waals surface area contributed by atoms with Crippen LogP contribution in [0.15, 0.2) is 29.2 Å². The summed E-state index contributed by atoms with van der Waals surface area (Å²) in [6, 6.07) is 6.91. The van der Waals surface area contributed by atoms with Crippen molar-refractivity contribution < 1.29 is 8.42 Å². The Hall–Kier alpha value is -1.07. The van der Waals surface area contributed by atoms with Crippen LogP contribution in [-0.4, -0.2) is 22.0 Å². The Bertz CT molecular complexity index is 507. The summed E-state index contributed by atoms with van der Waals surface area (Å²) in [6.45, 7) is 2.62. The second-order valence-corrected chi connectivity index (χ2v) is 6.62. The quantitative estimate of drug-likeness (QED) is 0.842. The lowest BCUT2D eigenvalue weighted by molar-refractivity contribution is 0.530.